The van der Waals surface area contributed by atoms with Gasteiger partial charge in [0.15, 0.2) is 0 Å². The molecule has 3 N–H and O–H groups in total. The van der Waals surface area contributed by atoms with Crippen molar-refractivity contribution in [3.8, 4) is 5.75 Å². The maximum atomic E-state index is 13.6. The van der Waals surface area contributed by atoms with Crippen LogP contribution in [0.2, 0.25) is 0 Å². The monoisotopic (exact) mass is 290 g/mol. The molecule has 0 aliphatic rings. The molecule has 0 aliphatic carbocycles. The summed E-state index contributed by atoms with van der Waals surface area (Å²) < 4.78 is 18.9. The lowest BCUT2D eigenvalue weighted by molar-refractivity contribution is 0.0695. The lowest BCUT2D eigenvalue weighted by Crippen LogP contribution is -2.12. The molecule has 0 saturated carbocycles. The molecular formula is C14H11FN2O4. The van der Waals surface area contributed by atoms with Crippen LogP contribution in [0.1, 0.15) is 26.3 Å². The third kappa shape index (κ3) is 3.53. The van der Waals surface area contributed by atoms with Crippen molar-refractivity contribution < 1.29 is 23.8 Å². The predicted molar refractivity (Wildman–Crippen MR) is 70.4 cm³/mol. The number of amides is 1. The Bertz CT molecular complexity index is 703. The lowest BCUT2D eigenvalue weighted by Gasteiger charge is -2.08. The van der Waals surface area contributed by atoms with Crippen LogP contribution in [0.15, 0.2) is 36.7 Å². The van der Waals surface area contributed by atoms with Crippen molar-refractivity contribution in [3.63, 3.8) is 0 Å². The molecule has 21 heavy (non-hydrogen) atoms. The summed E-state index contributed by atoms with van der Waals surface area (Å²) in [5.41, 5.74) is 5.36. The van der Waals surface area contributed by atoms with Crippen molar-refractivity contribution in [3.05, 3.63) is 59.2 Å². The zero-order valence-corrected chi connectivity index (χ0v) is 10.7. The molecule has 7 heteroatoms. The maximum Gasteiger partial charge on any atom is 0.337 e. The maximum absolute atomic E-state index is 13.6. The Labute approximate surface area is 119 Å². The van der Waals surface area contributed by atoms with Crippen LogP contribution in [-0.2, 0) is 6.61 Å². The van der Waals surface area contributed by atoms with Crippen molar-refractivity contribution in [1.82, 2.24) is 4.98 Å². The standard InChI is InChI=1S/C14H11FN2O4/c15-12-2-1-8(13(16)18)3-10(12)7-21-11-4-9(14(19)20)5-17-6-11/h1-6H,7H2,(H2,16,18)(H,19,20). The van der Waals surface area contributed by atoms with Gasteiger partial charge in [-0.3, -0.25) is 9.78 Å². The molecule has 0 atom stereocenters. The van der Waals surface area contributed by atoms with E-state index in [2.05, 4.69) is 4.98 Å². The summed E-state index contributed by atoms with van der Waals surface area (Å²) in [6.45, 7) is -0.183. The van der Waals surface area contributed by atoms with Gasteiger partial charge in [0.05, 0.1) is 11.8 Å². The summed E-state index contributed by atoms with van der Waals surface area (Å²) in [4.78, 5) is 25.5. The molecule has 1 aromatic heterocycles. The van der Waals surface area contributed by atoms with Gasteiger partial charge in [0.25, 0.3) is 0 Å². The Balaban J connectivity index is 2.16. The second-order valence-corrected chi connectivity index (χ2v) is 4.17. The van der Waals surface area contributed by atoms with Gasteiger partial charge in [0, 0.05) is 17.3 Å². The topological polar surface area (TPSA) is 103 Å². The molecule has 0 bridgehead atoms. The highest BCUT2D eigenvalue weighted by molar-refractivity contribution is 5.92. The van der Waals surface area contributed by atoms with Gasteiger partial charge in [-0.25, -0.2) is 9.18 Å². The van der Waals surface area contributed by atoms with Gasteiger partial charge >= 0.3 is 5.97 Å². The van der Waals surface area contributed by atoms with Crippen LogP contribution in [0.4, 0.5) is 4.39 Å². The number of pyridine rings is 1. The number of aromatic nitrogens is 1. The summed E-state index contributed by atoms with van der Waals surface area (Å²) in [6, 6.07) is 4.94. The highest BCUT2D eigenvalue weighted by atomic mass is 19.1. The molecule has 0 radical (unpaired) electrons. The molecule has 108 valence electrons. The number of rotatable bonds is 5. The van der Waals surface area contributed by atoms with E-state index in [0.717, 1.165) is 6.07 Å². The zero-order chi connectivity index (χ0) is 15.4. The van der Waals surface area contributed by atoms with Crippen LogP contribution < -0.4 is 10.5 Å². The first-order valence-corrected chi connectivity index (χ1v) is 5.86. The summed E-state index contributed by atoms with van der Waals surface area (Å²) in [7, 11) is 0. The average molecular weight is 290 g/mol. The molecule has 2 rings (SSSR count). The van der Waals surface area contributed by atoms with Crippen LogP contribution in [0.3, 0.4) is 0 Å². The van der Waals surface area contributed by atoms with Crippen molar-refractivity contribution in [2.75, 3.05) is 0 Å². The molecule has 0 saturated heterocycles. The minimum Gasteiger partial charge on any atom is -0.487 e. The Morgan fingerprint density at radius 2 is 2.00 bits per heavy atom. The number of primary amides is 1. The molecule has 1 aromatic carbocycles. The molecule has 0 unspecified atom stereocenters. The number of halogens is 1. The third-order valence-corrected chi connectivity index (χ3v) is 2.68. The fourth-order valence-electron chi connectivity index (χ4n) is 1.61. The highest BCUT2D eigenvalue weighted by Crippen LogP contribution is 2.16. The normalized spacial score (nSPS) is 10.1. The predicted octanol–water partition coefficient (Wildman–Crippen LogP) is 1.60. The fraction of sp³-hybridized carbons (Fsp3) is 0.0714. The summed E-state index contributed by atoms with van der Waals surface area (Å²) in [6.07, 6.45) is 2.48. The van der Waals surface area contributed by atoms with Gasteiger partial charge in [-0.15, -0.1) is 0 Å². The quantitative estimate of drug-likeness (QED) is 0.870. The molecular weight excluding hydrogens is 279 g/mol. The Morgan fingerprint density at radius 3 is 2.67 bits per heavy atom. The van der Waals surface area contributed by atoms with Crippen molar-refractivity contribution >= 4 is 11.9 Å². The molecule has 1 amide bonds. The van der Waals surface area contributed by atoms with Gasteiger partial charge in [0.1, 0.15) is 18.2 Å². The van der Waals surface area contributed by atoms with E-state index in [1.807, 2.05) is 0 Å². The number of hydrogen-bond donors (Lipinski definition) is 2. The first kappa shape index (κ1) is 14.4. The third-order valence-electron chi connectivity index (χ3n) is 2.68. The van der Waals surface area contributed by atoms with Crippen LogP contribution in [0, 0.1) is 5.82 Å². The van der Waals surface area contributed by atoms with Crippen molar-refractivity contribution in [2.45, 2.75) is 6.61 Å². The molecule has 6 nitrogen and oxygen atoms in total. The second-order valence-electron chi connectivity index (χ2n) is 4.17. The van der Waals surface area contributed by atoms with Crippen molar-refractivity contribution in [1.29, 1.82) is 0 Å². The number of ether oxygens (including phenoxy) is 1. The first-order chi connectivity index (χ1) is 9.97. The van der Waals surface area contributed by atoms with Gasteiger partial charge in [0.2, 0.25) is 5.91 Å². The number of carbonyl (C=O) groups excluding carboxylic acids is 1. The number of carboxylic acids is 1. The number of carboxylic acid groups (broad SMARTS) is 1. The van der Waals surface area contributed by atoms with E-state index < -0.39 is 17.7 Å². The summed E-state index contributed by atoms with van der Waals surface area (Å²) in [5.74, 6) is -2.19. The lowest BCUT2D eigenvalue weighted by atomic mass is 10.1. The van der Waals surface area contributed by atoms with Crippen LogP contribution >= 0.6 is 0 Å². The SMILES string of the molecule is NC(=O)c1ccc(F)c(COc2cncc(C(=O)O)c2)c1. The molecule has 0 spiro atoms. The molecule has 0 aliphatic heterocycles. The van der Waals surface area contributed by atoms with E-state index >= 15 is 0 Å². The number of hydrogen-bond acceptors (Lipinski definition) is 4. The minimum atomic E-state index is -1.14. The number of carbonyl (C=O) groups is 2. The van der Waals surface area contributed by atoms with Gasteiger partial charge in [-0.1, -0.05) is 0 Å². The van der Waals surface area contributed by atoms with E-state index in [4.69, 9.17) is 15.6 Å². The molecule has 2 aromatic rings. The van der Waals surface area contributed by atoms with Gasteiger partial charge in [-0.05, 0) is 24.3 Å². The summed E-state index contributed by atoms with van der Waals surface area (Å²) in [5, 5.41) is 8.83. The number of nitrogens with two attached hydrogens (primary N) is 1. The van der Waals surface area contributed by atoms with Crippen molar-refractivity contribution in [2.24, 2.45) is 5.73 Å². The van der Waals surface area contributed by atoms with Crippen LogP contribution in [-0.4, -0.2) is 22.0 Å². The van der Waals surface area contributed by atoms with Gasteiger partial charge < -0.3 is 15.6 Å². The molecule has 0 fully saturated rings. The van der Waals surface area contributed by atoms with Crippen LogP contribution in [0.25, 0.3) is 0 Å². The number of nitrogens with zero attached hydrogens (tertiary/aromatic N) is 1. The second kappa shape index (κ2) is 6.00. The van der Waals surface area contributed by atoms with E-state index in [9.17, 15) is 14.0 Å². The van der Waals surface area contributed by atoms with E-state index in [1.54, 1.807) is 0 Å². The minimum absolute atomic E-state index is 0.0427. The van der Waals surface area contributed by atoms with E-state index in [1.165, 1.54) is 30.6 Å². The molecule has 1 heterocycles. The zero-order valence-electron chi connectivity index (χ0n) is 10.7. The Hall–Kier alpha value is -2.96. The average Bonchev–Trinajstić information content (AvgIpc) is 2.46. The van der Waals surface area contributed by atoms with Crippen LogP contribution in [0.5, 0.6) is 5.75 Å². The van der Waals surface area contributed by atoms with Gasteiger partial charge in [-0.2, -0.15) is 0 Å². The Morgan fingerprint density at radius 1 is 1.24 bits per heavy atom. The van der Waals surface area contributed by atoms with E-state index in [-0.39, 0.29) is 29.0 Å². The first-order valence-electron chi connectivity index (χ1n) is 5.86. The number of aromatic carboxylic acids is 1. The Kier molecular flexibility index (Phi) is 4.13. The largest absolute Gasteiger partial charge is 0.487 e. The highest BCUT2D eigenvalue weighted by Gasteiger charge is 2.09. The smallest absolute Gasteiger partial charge is 0.337 e. The fourth-order valence-corrected chi connectivity index (χ4v) is 1.61. The summed E-state index contributed by atoms with van der Waals surface area (Å²) >= 11 is 0. The van der Waals surface area contributed by atoms with E-state index in [0.29, 0.717) is 0 Å². The number of benzene rings is 1.